The molecular weight excluding hydrogens is 403 g/mol. The second-order valence-electron chi connectivity index (χ2n) is 9.23. The molecule has 3 nitrogen and oxygen atoms in total. The van der Waals surface area contributed by atoms with Crippen LogP contribution in [0.4, 0.5) is 0 Å². The third kappa shape index (κ3) is 3.30. The van der Waals surface area contributed by atoms with Crippen molar-refractivity contribution in [2.75, 3.05) is 6.54 Å². The fraction of sp³-hybridized carbons (Fsp3) is 0.375. The first-order chi connectivity index (χ1) is 13.4. The van der Waals surface area contributed by atoms with E-state index in [1.165, 1.54) is 16.6 Å². The molecule has 0 amide bonds. The maximum atomic E-state index is 12.7. The van der Waals surface area contributed by atoms with Crippen molar-refractivity contribution in [3.63, 3.8) is 0 Å². The number of Topliss-reactive ketones (excluding diaryl/α,β-unsaturated/α-hetero) is 1. The molecule has 29 heavy (non-hydrogen) atoms. The molecule has 5 heteroatoms. The molecule has 1 aliphatic heterocycles. The van der Waals surface area contributed by atoms with Crippen LogP contribution in [0.2, 0.25) is 5.02 Å². The van der Waals surface area contributed by atoms with Crippen LogP contribution in [0.5, 0.6) is 0 Å². The second-order valence-corrected chi connectivity index (χ2v) is 9.64. The van der Waals surface area contributed by atoms with E-state index in [1.54, 1.807) is 0 Å². The highest BCUT2D eigenvalue weighted by Crippen LogP contribution is 2.51. The fourth-order valence-corrected chi connectivity index (χ4v) is 5.86. The monoisotopic (exact) mass is 427 g/mol. The molecule has 1 spiro atoms. The molecule has 1 fully saturated rings. The van der Waals surface area contributed by atoms with Gasteiger partial charge in [-0.1, -0.05) is 61.8 Å². The zero-order valence-electron chi connectivity index (χ0n) is 16.7. The molecule has 1 aliphatic carbocycles. The van der Waals surface area contributed by atoms with Gasteiger partial charge in [0.05, 0.1) is 5.54 Å². The van der Waals surface area contributed by atoms with Gasteiger partial charge in [0.25, 0.3) is 0 Å². The normalized spacial score (nSPS) is 25.6. The molecule has 1 saturated carbocycles. The summed E-state index contributed by atoms with van der Waals surface area (Å²) in [5.74, 6) is 0.496. The van der Waals surface area contributed by atoms with Gasteiger partial charge in [0.2, 0.25) is 0 Å². The summed E-state index contributed by atoms with van der Waals surface area (Å²) < 4.78 is 0. The molecule has 3 aromatic rings. The van der Waals surface area contributed by atoms with E-state index < -0.39 is 0 Å². The lowest BCUT2D eigenvalue weighted by molar-refractivity contribution is -0.126. The van der Waals surface area contributed by atoms with Crippen LogP contribution in [0.1, 0.15) is 55.8 Å². The van der Waals surface area contributed by atoms with Crippen molar-refractivity contribution in [3.05, 3.63) is 70.4 Å². The van der Waals surface area contributed by atoms with E-state index in [0.29, 0.717) is 18.6 Å². The molecule has 0 bridgehead atoms. The number of rotatable bonds is 1. The zero-order valence-corrected chi connectivity index (χ0v) is 18.2. The van der Waals surface area contributed by atoms with E-state index in [4.69, 9.17) is 11.6 Å². The maximum Gasteiger partial charge on any atom is 0.135 e. The van der Waals surface area contributed by atoms with Crippen LogP contribution < -0.4 is 17.7 Å². The quantitative estimate of drug-likeness (QED) is 0.626. The van der Waals surface area contributed by atoms with Crippen LogP contribution in [0, 0.1) is 5.41 Å². The smallest absolute Gasteiger partial charge is 0.135 e. The average molecular weight is 428 g/mol. The number of hydrogen-bond donors (Lipinski definition) is 2. The summed E-state index contributed by atoms with van der Waals surface area (Å²) in [6, 6.07) is 16.6. The Morgan fingerprint density at radius 3 is 2.52 bits per heavy atom. The fourth-order valence-electron chi connectivity index (χ4n) is 5.59. The minimum atomic E-state index is -0.328. The Kier molecular flexibility index (Phi) is 5.05. The molecule has 152 valence electrons. The zero-order chi connectivity index (χ0) is 19.5. The van der Waals surface area contributed by atoms with Gasteiger partial charge < -0.3 is 22.7 Å². The predicted octanol–water partition coefficient (Wildman–Crippen LogP) is 2.53. The number of aromatic nitrogens is 1. The Bertz CT molecular complexity index is 1090. The summed E-state index contributed by atoms with van der Waals surface area (Å²) in [5.41, 5.74) is 4.39. The molecule has 2 aromatic carbocycles. The van der Waals surface area contributed by atoms with Gasteiger partial charge in [-0.05, 0) is 35.1 Å². The number of carbonyl (C=O) groups is 1. The Morgan fingerprint density at radius 1 is 1.03 bits per heavy atom. The highest BCUT2D eigenvalue weighted by Gasteiger charge is 2.50. The number of H-pyrrole nitrogens is 1. The Morgan fingerprint density at radius 2 is 1.76 bits per heavy atom. The van der Waals surface area contributed by atoms with Gasteiger partial charge in [-0.3, -0.25) is 4.79 Å². The topological polar surface area (TPSA) is 44.9 Å². The number of carbonyl (C=O) groups excluding carboxylic acids is 1. The highest BCUT2D eigenvalue weighted by molar-refractivity contribution is 6.31. The van der Waals surface area contributed by atoms with Gasteiger partial charge in [-0.15, -0.1) is 0 Å². The highest BCUT2D eigenvalue weighted by atomic mass is 35.5. The minimum Gasteiger partial charge on any atom is -1.00 e. The lowest BCUT2D eigenvalue weighted by atomic mass is 9.63. The maximum absolute atomic E-state index is 12.7. The van der Waals surface area contributed by atoms with E-state index in [9.17, 15) is 4.79 Å². The summed E-state index contributed by atoms with van der Waals surface area (Å²) >= 11 is 6.60. The second kappa shape index (κ2) is 7.16. The van der Waals surface area contributed by atoms with Crippen molar-refractivity contribution >= 4 is 28.3 Å². The third-order valence-corrected chi connectivity index (χ3v) is 6.80. The summed E-state index contributed by atoms with van der Waals surface area (Å²) in [6.45, 7) is 5.19. The summed E-state index contributed by atoms with van der Waals surface area (Å²) in [6.07, 6.45) is 2.15. The number of fused-ring (bicyclic) bond motifs is 4. The van der Waals surface area contributed by atoms with Crippen LogP contribution in [0.25, 0.3) is 10.9 Å². The van der Waals surface area contributed by atoms with Crippen LogP contribution in [-0.4, -0.2) is 17.3 Å². The van der Waals surface area contributed by atoms with E-state index in [-0.39, 0.29) is 29.3 Å². The van der Waals surface area contributed by atoms with E-state index in [1.807, 2.05) is 18.2 Å². The van der Waals surface area contributed by atoms with E-state index >= 15 is 0 Å². The van der Waals surface area contributed by atoms with Crippen LogP contribution in [0.3, 0.4) is 0 Å². The number of aromatic amines is 1. The van der Waals surface area contributed by atoms with Crippen molar-refractivity contribution < 1.29 is 17.2 Å². The SMILES string of the molecule is CC1(C)CC(=O)CC2(C1)NCC(c1ccccc1Cl)c1c2[nH]c2ccccc12.[Cl-]. The lowest BCUT2D eigenvalue weighted by Crippen LogP contribution is -3.00. The molecule has 1 aromatic heterocycles. The molecule has 2 atom stereocenters. The molecule has 0 radical (unpaired) electrons. The lowest BCUT2D eigenvalue weighted by Gasteiger charge is -2.48. The van der Waals surface area contributed by atoms with E-state index in [2.05, 4.69) is 54.5 Å². The van der Waals surface area contributed by atoms with Gasteiger partial charge in [-0.2, -0.15) is 0 Å². The Hall–Kier alpha value is -1.81. The average Bonchev–Trinajstić information content (AvgIpc) is 3.02. The summed E-state index contributed by atoms with van der Waals surface area (Å²) in [4.78, 5) is 16.4. The number of hydrogen-bond acceptors (Lipinski definition) is 2. The molecule has 2 N–H and O–H groups in total. The number of halogens is 2. The summed E-state index contributed by atoms with van der Waals surface area (Å²) in [7, 11) is 0. The van der Waals surface area contributed by atoms with E-state index in [0.717, 1.165) is 29.1 Å². The number of nitrogens with one attached hydrogen (secondary N) is 2. The van der Waals surface area contributed by atoms with Gasteiger partial charge in [0.15, 0.2) is 0 Å². The van der Waals surface area contributed by atoms with Gasteiger partial charge >= 0.3 is 0 Å². The van der Waals surface area contributed by atoms with Crippen LogP contribution in [-0.2, 0) is 10.3 Å². The van der Waals surface area contributed by atoms with Crippen molar-refractivity contribution in [2.24, 2.45) is 5.41 Å². The molecule has 2 aliphatic rings. The first-order valence-electron chi connectivity index (χ1n) is 10.0. The molecule has 2 heterocycles. The van der Waals surface area contributed by atoms with Gasteiger partial charge in [0, 0.05) is 46.9 Å². The van der Waals surface area contributed by atoms with Crippen molar-refractivity contribution in [3.8, 4) is 0 Å². The number of para-hydroxylation sites is 1. The Labute approximate surface area is 182 Å². The molecule has 2 unspecified atom stereocenters. The number of benzene rings is 2. The van der Waals surface area contributed by atoms with Crippen molar-refractivity contribution in [1.82, 2.24) is 10.3 Å². The predicted molar refractivity (Wildman–Crippen MR) is 114 cm³/mol. The van der Waals surface area contributed by atoms with Gasteiger partial charge in [0.1, 0.15) is 5.78 Å². The van der Waals surface area contributed by atoms with Crippen molar-refractivity contribution in [1.29, 1.82) is 0 Å². The standard InChI is InChI=1S/C24H25ClN2O.ClH/c1-23(2)11-15(28)12-24(14-23)22-21(17-8-4-6-10-20(17)27-22)18(13-26-24)16-7-3-5-9-19(16)25;/h3-10,18,26-27H,11-14H2,1-2H3;1H/p-1. The van der Waals surface area contributed by atoms with Crippen molar-refractivity contribution in [2.45, 2.75) is 44.6 Å². The molecule has 0 saturated heterocycles. The Balaban J connectivity index is 0.00000205. The molecular formula is C24H25Cl2N2O-. The minimum absolute atomic E-state index is 0. The first-order valence-corrected chi connectivity index (χ1v) is 10.4. The number of ketones is 1. The molecule has 5 rings (SSSR count). The first kappa shape index (κ1) is 20.5. The van der Waals surface area contributed by atoms with Gasteiger partial charge in [-0.25, -0.2) is 0 Å². The van der Waals surface area contributed by atoms with Crippen LogP contribution >= 0.6 is 11.6 Å². The third-order valence-electron chi connectivity index (χ3n) is 6.45. The largest absolute Gasteiger partial charge is 1.00 e. The van der Waals surface area contributed by atoms with Crippen LogP contribution in [0.15, 0.2) is 48.5 Å². The summed E-state index contributed by atoms with van der Waals surface area (Å²) in [5, 5.41) is 5.83.